The molecular formula is C25H32ClNO6. The zero-order valence-electron chi connectivity index (χ0n) is 19.5. The van der Waals surface area contributed by atoms with Gasteiger partial charge in [0.05, 0.1) is 29.9 Å². The van der Waals surface area contributed by atoms with Gasteiger partial charge in [0, 0.05) is 18.5 Å². The molecule has 0 bridgehead atoms. The van der Waals surface area contributed by atoms with Crippen molar-refractivity contribution in [3.63, 3.8) is 0 Å². The van der Waals surface area contributed by atoms with Crippen LogP contribution in [0.15, 0.2) is 36.4 Å². The molecular weight excluding hydrogens is 446 g/mol. The Morgan fingerprint density at radius 3 is 2.45 bits per heavy atom. The number of aliphatic carboxylic acids is 1. The molecule has 1 atom stereocenters. The van der Waals surface area contributed by atoms with Crippen molar-refractivity contribution in [3.8, 4) is 11.5 Å². The number of benzene rings is 2. The van der Waals surface area contributed by atoms with Crippen molar-refractivity contribution >= 4 is 23.5 Å². The molecule has 0 saturated heterocycles. The van der Waals surface area contributed by atoms with Crippen LogP contribution in [0.2, 0.25) is 5.02 Å². The third kappa shape index (κ3) is 8.26. The maximum atomic E-state index is 12.7. The van der Waals surface area contributed by atoms with Crippen LogP contribution in [-0.4, -0.2) is 42.4 Å². The lowest BCUT2D eigenvalue weighted by Crippen LogP contribution is -2.29. The summed E-state index contributed by atoms with van der Waals surface area (Å²) in [6, 6.07) is 10.4. The number of nitrogens with one attached hydrogen (secondary N) is 1. The number of hydrogen-bond acceptors (Lipinski definition) is 5. The molecule has 8 heteroatoms. The molecule has 2 aromatic rings. The van der Waals surface area contributed by atoms with Crippen LogP contribution in [0, 0.1) is 0 Å². The van der Waals surface area contributed by atoms with Crippen molar-refractivity contribution in [2.75, 3.05) is 13.2 Å². The van der Waals surface area contributed by atoms with Crippen LogP contribution in [0.1, 0.15) is 55.6 Å². The molecule has 7 nitrogen and oxygen atoms in total. The van der Waals surface area contributed by atoms with Crippen molar-refractivity contribution in [1.82, 2.24) is 5.32 Å². The second kappa shape index (κ2) is 13.1. The molecule has 0 aliphatic heterocycles. The first-order valence-electron chi connectivity index (χ1n) is 11.1. The summed E-state index contributed by atoms with van der Waals surface area (Å²) >= 11 is 6.28. The van der Waals surface area contributed by atoms with Crippen LogP contribution >= 0.6 is 11.6 Å². The summed E-state index contributed by atoms with van der Waals surface area (Å²) in [6.45, 7) is 8.69. The van der Waals surface area contributed by atoms with Crippen molar-refractivity contribution < 1.29 is 28.9 Å². The Morgan fingerprint density at radius 1 is 1.09 bits per heavy atom. The standard InChI is InChI=1S/C25H32ClNO6/c1-5-11-32-19-8-9-20(21(26)14-19)24(28)27-15-18-12-17(7-10-22(18)31-6-2)13-23(25(29)30)33-16(3)4/h7-10,12,14,16,23H,5-6,11,13,15H2,1-4H3,(H,27,28)(H,29,30). The topological polar surface area (TPSA) is 94.1 Å². The molecule has 2 N–H and O–H groups in total. The van der Waals surface area contributed by atoms with Gasteiger partial charge in [-0.25, -0.2) is 4.79 Å². The SMILES string of the molecule is CCCOc1ccc(C(=O)NCc2cc(CC(OC(C)C)C(=O)O)ccc2OCC)c(Cl)c1. The van der Waals surface area contributed by atoms with Gasteiger partial charge >= 0.3 is 5.97 Å². The molecule has 0 heterocycles. The maximum Gasteiger partial charge on any atom is 0.333 e. The fourth-order valence-corrected chi connectivity index (χ4v) is 3.45. The molecule has 0 fully saturated rings. The third-order valence-electron chi connectivity index (χ3n) is 4.66. The normalized spacial score (nSPS) is 11.8. The largest absolute Gasteiger partial charge is 0.494 e. The van der Waals surface area contributed by atoms with Crippen LogP contribution in [-0.2, 0) is 22.5 Å². The van der Waals surface area contributed by atoms with Crippen LogP contribution in [0.3, 0.4) is 0 Å². The first kappa shape index (κ1) is 26.5. The van der Waals surface area contributed by atoms with E-state index in [-0.39, 0.29) is 25.0 Å². The number of carbonyl (C=O) groups excluding carboxylic acids is 1. The van der Waals surface area contributed by atoms with Gasteiger partial charge in [-0.15, -0.1) is 0 Å². The Balaban J connectivity index is 2.15. The zero-order chi connectivity index (χ0) is 24.4. The second-order valence-electron chi connectivity index (χ2n) is 7.76. The summed E-state index contributed by atoms with van der Waals surface area (Å²) < 4.78 is 16.7. The van der Waals surface area contributed by atoms with E-state index in [0.717, 1.165) is 17.5 Å². The van der Waals surface area contributed by atoms with E-state index in [1.54, 1.807) is 38.1 Å². The fraction of sp³-hybridized carbons (Fsp3) is 0.440. The minimum atomic E-state index is -1.02. The van der Waals surface area contributed by atoms with E-state index in [9.17, 15) is 14.7 Å². The average Bonchev–Trinajstić information content (AvgIpc) is 2.76. The van der Waals surface area contributed by atoms with Crippen LogP contribution in [0.4, 0.5) is 0 Å². The van der Waals surface area contributed by atoms with Crippen LogP contribution in [0.25, 0.3) is 0 Å². The predicted octanol–water partition coefficient (Wildman–Crippen LogP) is 4.88. The lowest BCUT2D eigenvalue weighted by Gasteiger charge is -2.18. The van der Waals surface area contributed by atoms with Crippen LogP contribution in [0.5, 0.6) is 11.5 Å². The van der Waals surface area contributed by atoms with Gasteiger partial charge in [0.25, 0.3) is 5.91 Å². The minimum absolute atomic E-state index is 0.190. The molecule has 0 aliphatic rings. The Bertz CT molecular complexity index is 946. The first-order chi connectivity index (χ1) is 15.7. The Kier molecular flexibility index (Phi) is 10.5. The number of halogens is 1. The fourth-order valence-electron chi connectivity index (χ4n) is 3.19. The zero-order valence-corrected chi connectivity index (χ0v) is 20.3. The van der Waals surface area contributed by atoms with E-state index in [0.29, 0.717) is 35.3 Å². The highest BCUT2D eigenvalue weighted by atomic mass is 35.5. The number of hydrogen-bond donors (Lipinski definition) is 2. The molecule has 1 amide bonds. The van der Waals surface area contributed by atoms with Crippen molar-refractivity contribution in [2.24, 2.45) is 0 Å². The lowest BCUT2D eigenvalue weighted by atomic mass is 10.0. The minimum Gasteiger partial charge on any atom is -0.494 e. The van der Waals surface area contributed by atoms with Crippen LogP contribution < -0.4 is 14.8 Å². The number of carboxylic acid groups (broad SMARTS) is 1. The summed E-state index contributed by atoms with van der Waals surface area (Å²) in [6.07, 6.45) is -0.0993. The first-order valence-corrected chi connectivity index (χ1v) is 11.5. The van der Waals surface area contributed by atoms with Gasteiger partial charge < -0.3 is 24.6 Å². The smallest absolute Gasteiger partial charge is 0.333 e. The maximum absolute atomic E-state index is 12.7. The van der Waals surface area contributed by atoms with E-state index in [1.165, 1.54) is 0 Å². The number of amides is 1. The van der Waals surface area contributed by atoms with E-state index in [4.69, 9.17) is 25.8 Å². The number of carboxylic acids is 1. The molecule has 180 valence electrons. The Morgan fingerprint density at radius 2 is 1.85 bits per heavy atom. The van der Waals surface area contributed by atoms with E-state index < -0.39 is 12.1 Å². The molecule has 0 radical (unpaired) electrons. The molecule has 33 heavy (non-hydrogen) atoms. The van der Waals surface area contributed by atoms with Crippen molar-refractivity contribution in [3.05, 3.63) is 58.1 Å². The lowest BCUT2D eigenvalue weighted by molar-refractivity contribution is -0.153. The highest BCUT2D eigenvalue weighted by Gasteiger charge is 2.21. The molecule has 2 rings (SSSR count). The molecule has 0 spiro atoms. The third-order valence-corrected chi connectivity index (χ3v) is 4.97. The number of rotatable bonds is 13. The van der Waals surface area contributed by atoms with Gasteiger partial charge in [-0.05, 0) is 57.0 Å². The van der Waals surface area contributed by atoms with Gasteiger partial charge in [-0.3, -0.25) is 4.79 Å². The van der Waals surface area contributed by atoms with Gasteiger partial charge in [-0.2, -0.15) is 0 Å². The second-order valence-corrected chi connectivity index (χ2v) is 8.17. The number of ether oxygens (including phenoxy) is 3. The molecule has 0 saturated carbocycles. The Labute approximate surface area is 200 Å². The average molecular weight is 478 g/mol. The highest BCUT2D eigenvalue weighted by Crippen LogP contribution is 2.25. The van der Waals surface area contributed by atoms with E-state index >= 15 is 0 Å². The van der Waals surface area contributed by atoms with Crippen molar-refractivity contribution in [2.45, 2.75) is 59.3 Å². The number of carbonyl (C=O) groups is 2. The highest BCUT2D eigenvalue weighted by molar-refractivity contribution is 6.34. The van der Waals surface area contributed by atoms with E-state index in [1.807, 2.05) is 26.0 Å². The monoisotopic (exact) mass is 477 g/mol. The summed E-state index contributed by atoms with van der Waals surface area (Å²) in [5.74, 6) is -0.121. The summed E-state index contributed by atoms with van der Waals surface area (Å²) in [5.41, 5.74) is 1.84. The van der Waals surface area contributed by atoms with Gasteiger partial charge in [0.1, 0.15) is 11.5 Å². The summed E-state index contributed by atoms with van der Waals surface area (Å²) in [7, 11) is 0. The van der Waals surface area contributed by atoms with Gasteiger partial charge in [0.15, 0.2) is 6.10 Å². The van der Waals surface area contributed by atoms with Gasteiger partial charge in [0.2, 0.25) is 0 Å². The molecule has 1 unspecified atom stereocenters. The summed E-state index contributed by atoms with van der Waals surface area (Å²) in [4.78, 5) is 24.3. The van der Waals surface area contributed by atoms with Crippen molar-refractivity contribution in [1.29, 1.82) is 0 Å². The predicted molar refractivity (Wildman–Crippen MR) is 127 cm³/mol. The van der Waals surface area contributed by atoms with Gasteiger partial charge in [-0.1, -0.05) is 30.7 Å². The molecule has 2 aromatic carbocycles. The quantitative estimate of drug-likeness (QED) is 0.427. The Hall–Kier alpha value is -2.77. The van der Waals surface area contributed by atoms with E-state index in [2.05, 4.69) is 5.32 Å². The molecule has 0 aliphatic carbocycles. The summed E-state index contributed by atoms with van der Waals surface area (Å²) in [5, 5.41) is 12.6. The molecule has 0 aromatic heterocycles.